The van der Waals surface area contributed by atoms with Gasteiger partial charge in [0.25, 0.3) is 5.91 Å². The van der Waals surface area contributed by atoms with E-state index in [0.717, 1.165) is 27.2 Å². The monoisotopic (exact) mass is 537 g/mol. The van der Waals surface area contributed by atoms with Gasteiger partial charge in [-0.15, -0.1) is 11.8 Å². The third-order valence-corrected chi connectivity index (χ3v) is 9.59. The Morgan fingerprint density at radius 3 is 2.74 bits per heavy atom. The highest BCUT2D eigenvalue weighted by Gasteiger charge is 2.33. The number of fused-ring (bicyclic) bond motifs is 1. The van der Waals surface area contributed by atoms with Crippen molar-refractivity contribution in [2.75, 3.05) is 32.6 Å². The van der Waals surface area contributed by atoms with E-state index in [1.165, 1.54) is 27.8 Å². The van der Waals surface area contributed by atoms with Crippen molar-refractivity contribution in [3.63, 3.8) is 0 Å². The lowest BCUT2D eigenvalue weighted by Crippen LogP contribution is -2.42. The molecule has 0 aliphatic carbocycles. The molecule has 7 nitrogen and oxygen atoms in total. The first-order valence-electron chi connectivity index (χ1n) is 11.4. The number of sulfonamides is 1. The van der Waals surface area contributed by atoms with Gasteiger partial charge in [-0.1, -0.05) is 11.3 Å². The summed E-state index contributed by atoms with van der Waals surface area (Å²) in [7, 11) is -3.82. The Morgan fingerprint density at radius 1 is 1.26 bits per heavy atom. The number of halogens is 1. The zero-order valence-corrected chi connectivity index (χ0v) is 22.1. The van der Waals surface area contributed by atoms with Crippen molar-refractivity contribution < 1.29 is 22.3 Å². The topological polar surface area (TPSA) is 81.0 Å². The van der Waals surface area contributed by atoms with Crippen LogP contribution in [0.15, 0.2) is 57.2 Å². The van der Waals surface area contributed by atoms with Crippen LogP contribution in [0, 0.1) is 11.7 Å². The number of piperidine rings is 1. The Hall–Kier alpha value is -2.05. The summed E-state index contributed by atoms with van der Waals surface area (Å²) < 4.78 is 49.2. The normalized spacial score (nSPS) is 17.8. The van der Waals surface area contributed by atoms with Crippen molar-refractivity contribution in [2.24, 2.45) is 10.9 Å². The second-order valence-electron chi connectivity index (χ2n) is 8.17. The molecular formula is C24H28FN3O4S3. The van der Waals surface area contributed by atoms with Gasteiger partial charge in [0.2, 0.25) is 10.0 Å². The van der Waals surface area contributed by atoms with Crippen LogP contribution in [-0.4, -0.2) is 55.8 Å². The lowest BCUT2D eigenvalue weighted by molar-refractivity contribution is -0.122. The average Bonchev–Trinajstić information content (AvgIpc) is 3.20. The first kappa shape index (κ1) is 26.0. The molecule has 1 amide bonds. The van der Waals surface area contributed by atoms with E-state index in [-0.39, 0.29) is 17.3 Å². The quantitative estimate of drug-likeness (QED) is 0.319. The van der Waals surface area contributed by atoms with Gasteiger partial charge in [0.1, 0.15) is 5.82 Å². The maximum Gasteiger partial charge on any atom is 0.252 e. The number of carbonyl (C=O) groups excluding carboxylic acids is 1. The molecule has 0 saturated carbocycles. The third-order valence-electron chi connectivity index (χ3n) is 5.94. The van der Waals surface area contributed by atoms with Crippen LogP contribution in [0.3, 0.4) is 0 Å². The Balaban J connectivity index is 1.61. The molecule has 0 bridgehead atoms. The Kier molecular flexibility index (Phi) is 8.43. The largest absolute Gasteiger partial charge is 0.380 e. The molecule has 1 fully saturated rings. The minimum atomic E-state index is -3.82. The number of aromatic nitrogens is 1. The summed E-state index contributed by atoms with van der Waals surface area (Å²) >= 11 is 3.10. The van der Waals surface area contributed by atoms with Crippen molar-refractivity contribution in [1.29, 1.82) is 0 Å². The fraction of sp³-hybridized carbons (Fsp3) is 0.417. The van der Waals surface area contributed by atoms with Gasteiger partial charge in [-0.25, -0.2) is 12.8 Å². The molecule has 1 unspecified atom stereocenters. The minimum absolute atomic E-state index is 0.0202. The van der Waals surface area contributed by atoms with Crippen LogP contribution in [-0.2, 0) is 26.1 Å². The number of amides is 1. The summed E-state index contributed by atoms with van der Waals surface area (Å²) in [6.07, 6.45) is 3.14. The van der Waals surface area contributed by atoms with Crippen LogP contribution in [0.1, 0.15) is 19.8 Å². The summed E-state index contributed by atoms with van der Waals surface area (Å²) in [6.45, 7) is 3.98. The van der Waals surface area contributed by atoms with Gasteiger partial charge in [0.15, 0.2) is 4.80 Å². The van der Waals surface area contributed by atoms with E-state index in [2.05, 4.69) is 11.1 Å². The van der Waals surface area contributed by atoms with Crippen LogP contribution in [0.5, 0.6) is 0 Å². The highest BCUT2D eigenvalue weighted by Crippen LogP contribution is 2.26. The van der Waals surface area contributed by atoms with Crippen LogP contribution >= 0.6 is 23.1 Å². The van der Waals surface area contributed by atoms with Crippen LogP contribution in [0.4, 0.5) is 4.39 Å². The zero-order valence-electron chi connectivity index (χ0n) is 19.6. The minimum Gasteiger partial charge on any atom is -0.380 e. The zero-order chi connectivity index (χ0) is 25.0. The van der Waals surface area contributed by atoms with Crippen molar-refractivity contribution >= 4 is 49.2 Å². The fourth-order valence-corrected chi connectivity index (χ4v) is 7.22. The number of rotatable bonds is 8. The molecule has 1 aliphatic heterocycles. The molecule has 2 heterocycles. The molecule has 4 rings (SSSR count). The Bertz CT molecular complexity index is 1370. The van der Waals surface area contributed by atoms with Crippen molar-refractivity contribution in [3.05, 3.63) is 53.1 Å². The van der Waals surface area contributed by atoms with Gasteiger partial charge in [-0.05, 0) is 68.5 Å². The molecule has 0 spiro atoms. The van der Waals surface area contributed by atoms with Gasteiger partial charge in [0, 0.05) is 31.1 Å². The van der Waals surface area contributed by atoms with E-state index in [1.807, 2.05) is 29.9 Å². The first-order chi connectivity index (χ1) is 16.8. The molecule has 11 heteroatoms. The summed E-state index contributed by atoms with van der Waals surface area (Å²) in [6, 6.07) is 10.9. The number of nitrogens with zero attached hydrogens (tertiary/aromatic N) is 3. The number of thioether (sulfide) groups is 1. The van der Waals surface area contributed by atoms with Crippen LogP contribution in [0.2, 0.25) is 0 Å². The number of hydrogen-bond acceptors (Lipinski definition) is 6. The van der Waals surface area contributed by atoms with E-state index in [0.29, 0.717) is 43.9 Å². The van der Waals surface area contributed by atoms with Gasteiger partial charge >= 0.3 is 0 Å². The van der Waals surface area contributed by atoms with E-state index in [1.54, 1.807) is 11.8 Å². The molecular weight excluding hydrogens is 509 g/mol. The van der Waals surface area contributed by atoms with Crippen molar-refractivity contribution in [1.82, 2.24) is 8.87 Å². The standard InChI is InChI=1S/C24H28FN3O4S3/c1-3-32-14-13-28-21-11-8-19(33-2)15-22(21)34-24(28)26-23(29)17-5-4-12-27(16-17)35(30,31)20-9-6-18(25)7-10-20/h6-11,15,17H,3-5,12-14,16H2,1-2H3. The Morgan fingerprint density at radius 2 is 2.03 bits per heavy atom. The summed E-state index contributed by atoms with van der Waals surface area (Å²) in [5.74, 6) is -1.36. The second kappa shape index (κ2) is 11.3. The molecule has 35 heavy (non-hydrogen) atoms. The molecule has 188 valence electrons. The van der Waals surface area contributed by atoms with E-state index in [4.69, 9.17) is 4.74 Å². The number of benzene rings is 2. The van der Waals surface area contributed by atoms with Gasteiger partial charge in [-0.2, -0.15) is 9.30 Å². The van der Waals surface area contributed by atoms with E-state index < -0.39 is 21.8 Å². The summed E-state index contributed by atoms with van der Waals surface area (Å²) in [5, 5.41) is 0. The summed E-state index contributed by atoms with van der Waals surface area (Å²) in [4.78, 5) is 19.4. The maximum atomic E-state index is 13.3. The highest BCUT2D eigenvalue weighted by molar-refractivity contribution is 7.98. The SMILES string of the molecule is CCOCCn1c(=NC(=O)C2CCCN(S(=O)(=O)c3ccc(F)cc3)C2)sc2cc(SC)ccc21. The van der Waals surface area contributed by atoms with Gasteiger partial charge < -0.3 is 9.30 Å². The second-order valence-corrected chi connectivity index (χ2v) is 12.0. The molecule has 1 atom stereocenters. The highest BCUT2D eigenvalue weighted by atomic mass is 32.2. The van der Waals surface area contributed by atoms with E-state index in [9.17, 15) is 17.6 Å². The average molecular weight is 538 g/mol. The number of hydrogen-bond donors (Lipinski definition) is 0. The van der Waals surface area contributed by atoms with Gasteiger partial charge in [-0.3, -0.25) is 4.79 Å². The maximum absolute atomic E-state index is 13.3. The number of carbonyl (C=O) groups is 1. The van der Waals surface area contributed by atoms with Crippen LogP contribution in [0.25, 0.3) is 10.2 Å². The number of thiazole rings is 1. The molecule has 3 aromatic rings. The molecule has 1 aliphatic rings. The van der Waals surface area contributed by atoms with E-state index >= 15 is 0 Å². The predicted octanol–water partition coefficient (Wildman–Crippen LogP) is 4.13. The van der Waals surface area contributed by atoms with Crippen LogP contribution < -0.4 is 4.80 Å². The molecule has 1 aromatic heterocycles. The Labute approximate surface area is 212 Å². The third kappa shape index (κ3) is 5.86. The predicted molar refractivity (Wildman–Crippen MR) is 137 cm³/mol. The van der Waals surface area contributed by atoms with Gasteiger partial charge in [0.05, 0.1) is 27.6 Å². The first-order valence-corrected chi connectivity index (χ1v) is 14.9. The van der Waals surface area contributed by atoms with Crippen molar-refractivity contribution in [2.45, 2.75) is 36.1 Å². The number of ether oxygens (including phenoxy) is 1. The molecule has 0 N–H and O–H groups in total. The van der Waals surface area contributed by atoms with Crippen molar-refractivity contribution in [3.8, 4) is 0 Å². The molecule has 0 radical (unpaired) electrons. The fourth-order valence-electron chi connectivity index (χ4n) is 4.09. The molecule has 1 saturated heterocycles. The molecule has 2 aromatic carbocycles. The smallest absolute Gasteiger partial charge is 0.252 e. The lowest BCUT2D eigenvalue weighted by Gasteiger charge is -2.30. The lowest BCUT2D eigenvalue weighted by atomic mass is 9.99. The summed E-state index contributed by atoms with van der Waals surface area (Å²) in [5.41, 5.74) is 0.989.